The Morgan fingerprint density at radius 2 is 1.84 bits per heavy atom. The number of carbonyl (C=O) groups is 1. The van der Waals surface area contributed by atoms with Crippen LogP contribution in [0.4, 0.5) is 15.9 Å². The molecule has 0 saturated carbocycles. The number of nitrogens with zero attached hydrogens (tertiary/aromatic N) is 4. The molecule has 44 heavy (non-hydrogen) atoms. The Hall–Kier alpha value is -5.27. The van der Waals surface area contributed by atoms with Crippen LogP contribution in [0.1, 0.15) is 27.2 Å². The summed E-state index contributed by atoms with van der Waals surface area (Å²) in [5, 5.41) is 4.81. The lowest BCUT2D eigenvalue weighted by Crippen LogP contribution is -2.15. The Balaban J connectivity index is 1.26. The number of aromatic nitrogens is 5. The molecule has 0 atom stereocenters. The van der Waals surface area contributed by atoms with E-state index >= 15 is 0 Å². The Labute approximate surface area is 255 Å². The molecule has 0 spiro atoms. The number of fused-ring (bicyclic) bond motifs is 1. The Morgan fingerprint density at radius 3 is 2.59 bits per heavy atom. The normalized spacial score (nSPS) is 11.5. The highest BCUT2D eigenvalue weighted by atomic mass is 35.5. The number of para-hydroxylation sites is 1. The molecule has 222 valence electrons. The van der Waals surface area contributed by atoms with E-state index in [1.165, 1.54) is 47.4 Å². The molecule has 0 aliphatic heterocycles. The quantitative estimate of drug-likeness (QED) is 0.137. The average molecular weight is 632 g/mol. The van der Waals surface area contributed by atoms with E-state index in [2.05, 4.69) is 24.8 Å². The Kier molecular flexibility index (Phi) is 7.27. The summed E-state index contributed by atoms with van der Waals surface area (Å²) in [5.74, 6) is -0.639. The van der Waals surface area contributed by atoms with E-state index in [4.69, 9.17) is 22.1 Å². The third-order valence-electron chi connectivity index (χ3n) is 6.81. The largest absolute Gasteiger partial charge is 0.436 e. The number of aromatic amines is 1. The first-order valence-corrected chi connectivity index (χ1v) is 14.9. The number of benzene rings is 2. The summed E-state index contributed by atoms with van der Waals surface area (Å²) in [5.41, 5.74) is 9.36. The van der Waals surface area contributed by atoms with E-state index < -0.39 is 21.6 Å². The summed E-state index contributed by atoms with van der Waals surface area (Å²) >= 11 is 5.86. The van der Waals surface area contributed by atoms with Crippen LogP contribution in [0.3, 0.4) is 0 Å². The van der Waals surface area contributed by atoms with Crippen LogP contribution in [0.2, 0.25) is 5.15 Å². The Morgan fingerprint density at radius 1 is 1.05 bits per heavy atom. The molecule has 4 N–H and O–H groups in total. The van der Waals surface area contributed by atoms with Crippen molar-refractivity contribution in [2.75, 3.05) is 10.5 Å². The molecule has 0 aliphatic rings. The van der Waals surface area contributed by atoms with Gasteiger partial charge in [0.15, 0.2) is 16.6 Å². The lowest BCUT2D eigenvalue weighted by Gasteiger charge is -2.11. The van der Waals surface area contributed by atoms with Gasteiger partial charge in [0.1, 0.15) is 11.0 Å². The Bertz CT molecular complexity index is 2200. The summed E-state index contributed by atoms with van der Waals surface area (Å²) < 4.78 is 49.2. The van der Waals surface area contributed by atoms with Crippen molar-refractivity contribution in [1.29, 1.82) is 0 Å². The second kappa shape index (κ2) is 11.1. The number of H-pyrrole nitrogens is 1. The highest BCUT2D eigenvalue weighted by Crippen LogP contribution is 2.30. The molecular weight excluding hydrogens is 609 g/mol. The van der Waals surface area contributed by atoms with Crippen LogP contribution in [0.5, 0.6) is 11.6 Å². The SMILES string of the molecule is Cc1cc2cc(C(=O)c3cnn(-c4cnc(Oc5ccccc5F)cc4C)c3N)[nH]c2cc1NS(=O)(=O)c1cccc(Cl)n1. The first-order chi connectivity index (χ1) is 21.0. The van der Waals surface area contributed by atoms with Gasteiger partial charge >= 0.3 is 0 Å². The summed E-state index contributed by atoms with van der Waals surface area (Å²) in [6, 6.07) is 16.9. The molecule has 0 radical (unpaired) electrons. The number of aryl methyl sites for hydroxylation is 2. The number of ketones is 1. The number of anilines is 2. The van der Waals surface area contributed by atoms with Crippen LogP contribution in [0.15, 0.2) is 84.1 Å². The maximum Gasteiger partial charge on any atom is 0.279 e. The molecular formula is C30H23ClFN7O4S. The number of halogens is 2. The smallest absolute Gasteiger partial charge is 0.279 e. The zero-order valence-corrected chi connectivity index (χ0v) is 24.7. The third kappa shape index (κ3) is 5.45. The fraction of sp³-hybridized carbons (Fsp3) is 0.0667. The topological polar surface area (TPSA) is 158 Å². The minimum atomic E-state index is -4.02. The first-order valence-electron chi connectivity index (χ1n) is 13.1. The fourth-order valence-electron chi connectivity index (χ4n) is 4.57. The molecule has 11 nitrogen and oxygen atoms in total. The molecule has 0 fully saturated rings. The van der Waals surface area contributed by atoms with Gasteiger partial charge < -0.3 is 15.5 Å². The van der Waals surface area contributed by atoms with Crippen molar-refractivity contribution in [2.24, 2.45) is 0 Å². The first kappa shape index (κ1) is 28.8. The van der Waals surface area contributed by atoms with Gasteiger partial charge in [0, 0.05) is 17.0 Å². The maximum absolute atomic E-state index is 14.0. The molecule has 0 unspecified atom stereocenters. The highest BCUT2D eigenvalue weighted by Gasteiger charge is 2.22. The maximum atomic E-state index is 14.0. The lowest BCUT2D eigenvalue weighted by molar-refractivity contribution is 0.103. The number of carbonyl (C=O) groups excluding carboxylic acids is 1. The number of pyridine rings is 2. The van der Waals surface area contributed by atoms with Crippen molar-refractivity contribution in [1.82, 2.24) is 24.7 Å². The van der Waals surface area contributed by atoms with Gasteiger partial charge in [-0.3, -0.25) is 9.52 Å². The van der Waals surface area contributed by atoms with Gasteiger partial charge in [-0.15, -0.1) is 0 Å². The van der Waals surface area contributed by atoms with Crippen molar-refractivity contribution in [3.05, 3.63) is 112 Å². The van der Waals surface area contributed by atoms with E-state index in [-0.39, 0.29) is 38.9 Å². The molecule has 0 bridgehead atoms. The van der Waals surface area contributed by atoms with Crippen LogP contribution < -0.4 is 15.2 Å². The number of hydrogen-bond acceptors (Lipinski definition) is 8. The van der Waals surface area contributed by atoms with Gasteiger partial charge in [-0.1, -0.05) is 29.8 Å². The van der Waals surface area contributed by atoms with Crippen molar-refractivity contribution >= 4 is 49.8 Å². The van der Waals surface area contributed by atoms with Crippen molar-refractivity contribution < 1.29 is 22.3 Å². The highest BCUT2D eigenvalue weighted by molar-refractivity contribution is 7.92. The minimum absolute atomic E-state index is 0.0369. The van der Waals surface area contributed by atoms with Crippen molar-refractivity contribution in [3.8, 4) is 17.3 Å². The third-order valence-corrected chi connectivity index (χ3v) is 8.29. The molecule has 14 heteroatoms. The fourth-order valence-corrected chi connectivity index (χ4v) is 5.88. The number of nitrogens with one attached hydrogen (secondary N) is 2. The monoisotopic (exact) mass is 631 g/mol. The number of rotatable bonds is 8. The van der Waals surface area contributed by atoms with E-state index in [9.17, 15) is 17.6 Å². The second-order valence-corrected chi connectivity index (χ2v) is 11.9. The van der Waals surface area contributed by atoms with E-state index in [0.717, 1.165) is 0 Å². The summed E-state index contributed by atoms with van der Waals surface area (Å²) in [6.45, 7) is 3.52. The summed E-state index contributed by atoms with van der Waals surface area (Å²) in [7, 11) is -4.02. The zero-order valence-electron chi connectivity index (χ0n) is 23.2. The van der Waals surface area contributed by atoms with Gasteiger partial charge in [0.05, 0.1) is 35.0 Å². The van der Waals surface area contributed by atoms with Crippen LogP contribution in [-0.2, 0) is 10.0 Å². The predicted octanol–water partition coefficient (Wildman–Crippen LogP) is 5.96. The molecule has 0 amide bonds. The summed E-state index contributed by atoms with van der Waals surface area (Å²) in [6.07, 6.45) is 2.82. The van der Waals surface area contributed by atoms with Gasteiger partial charge in [-0.2, -0.15) is 13.5 Å². The molecule has 4 aromatic heterocycles. The molecule has 0 saturated heterocycles. The van der Waals surface area contributed by atoms with Crippen molar-refractivity contribution in [2.45, 2.75) is 18.9 Å². The zero-order chi connectivity index (χ0) is 31.2. The lowest BCUT2D eigenvalue weighted by atomic mass is 10.1. The summed E-state index contributed by atoms with van der Waals surface area (Å²) in [4.78, 5) is 24.7. The van der Waals surface area contributed by atoms with Crippen LogP contribution in [0.25, 0.3) is 16.6 Å². The van der Waals surface area contributed by atoms with E-state index in [0.29, 0.717) is 33.4 Å². The van der Waals surface area contributed by atoms with Gasteiger partial charge in [0.25, 0.3) is 10.0 Å². The van der Waals surface area contributed by atoms with E-state index in [1.54, 1.807) is 50.2 Å². The molecule has 0 aliphatic carbocycles. The molecule has 6 rings (SSSR count). The van der Waals surface area contributed by atoms with Gasteiger partial charge in [-0.25, -0.2) is 19.0 Å². The number of ether oxygens (including phenoxy) is 1. The van der Waals surface area contributed by atoms with Gasteiger partial charge in [-0.05, 0) is 67.4 Å². The predicted molar refractivity (Wildman–Crippen MR) is 164 cm³/mol. The van der Waals surface area contributed by atoms with Crippen LogP contribution >= 0.6 is 11.6 Å². The molecule has 4 heterocycles. The van der Waals surface area contributed by atoms with Crippen LogP contribution in [0, 0.1) is 19.7 Å². The molecule has 2 aromatic carbocycles. The second-order valence-electron chi connectivity index (χ2n) is 9.87. The standard InChI is InChI=1S/C30H23ClFN7O4S/c1-16-10-18-12-23(36-22(18)13-21(16)38-44(41,42)28-9-5-8-26(31)37-28)29(40)19-14-35-39(30(19)33)24-15-34-27(11-17(24)2)43-25-7-4-3-6-20(25)32/h3-15,36,38H,33H2,1-2H3. The number of nitrogen functional groups attached to an aromatic ring is 1. The average Bonchev–Trinajstić information content (AvgIpc) is 3.57. The number of nitrogens with two attached hydrogens (primary N) is 1. The molecule has 6 aromatic rings. The number of sulfonamides is 1. The van der Waals surface area contributed by atoms with Gasteiger partial charge in [0.2, 0.25) is 11.7 Å². The number of hydrogen-bond donors (Lipinski definition) is 3. The van der Waals surface area contributed by atoms with Crippen LogP contribution in [-0.4, -0.2) is 38.9 Å². The van der Waals surface area contributed by atoms with E-state index in [1.807, 2.05) is 0 Å². The minimum Gasteiger partial charge on any atom is -0.436 e. The van der Waals surface area contributed by atoms with Crippen molar-refractivity contribution in [3.63, 3.8) is 0 Å².